The van der Waals surface area contributed by atoms with E-state index in [0.717, 1.165) is 0 Å². The van der Waals surface area contributed by atoms with Crippen LogP contribution in [0.5, 0.6) is 0 Å². The third-order valence-corrected chi connectivity index (χ3v) is 2.25. The molecule has 0 unspecified atom stereocenters. The van der Waals surface area contributed by atoms with E-state index in [-0.39, 0.29) is 5.70 Å². The molecule has 74 valence electrons. The Morgan fingerprint density at radius 1 is 1.71 bits per heavy atom. The van der Waals surface area contributed by atoms with Gasteiger partial charge in [0.25, 0.3) is 0 Å². The lowest BCUT2D eigenvalue weighted by molar-refractivity contribution is -0.134. The summed E-state index contributed by atoms with van der Waals surface area (Å²) >= 11 is 0. The molecule has 5 nitrogen and oxygen atoms in total. The Labute approximate surface area is 81.0 Å². The smallest absolute Gasteiger partial charge is 0.352 e. The number of amides is 1. The van der Waals surface area contributed by atoms with E-state index in [1.807, 2.05) is 0 Å². The van der Waals surface area contributed by atoms with Crippen LogP contribution < -0.4 is 5.32 Å². The van der Waals surface area contributed by atoms with E-state index < -0.39 is 11.4 Å². The van der Waals surface area contributed by atoms with Gasteiger partial charge < -0.3 is 10.4 Å². The maximum Gasteiger partial charge on any atom is 0.352 e. The lowest BCUT2D eigenvalue weighted by atomic mass is 9.67. The monoisotopic (exact) mass is 194 g/mol. The molecule has 0 spiro atoms. The number of carbonyl (C=O) groups excluding carboxylic acids is 1. The number of hydrogen-bond acceptors (Lipinski definition) is 3. The molecule has 1 aliphatic rings. The molecule has 1 saturated carbocycles. The summed E-state index contributed by atoms with van der Waals surface area (Å²) in [4.78, 5) is 20.8. The average Bonchev–Trinajstić information content (AvgIpc) is 2.09. The van der Waals surface area contributed by atoms with E-state index in [2.05, 4.69) is 11.4 Å². The second kappa shape index (κ2) is 3.50. The molecule has 0 saturated heterocycles. The van der Waals surface area contributed by atoms with Crippen molar-refractivity contribution in [3.63, 3.8) is 0 Å². The first-order valence-corrected chi connectivity index (χ1v) is 4.09. The van der Waals surface area contributed by atoms with E-state index in [9.17, 15) is 9.59 Å². The standard InChI is InChI=1S/C9H10N2O3/c1-9(4-10)2-6(3-9)7(8(13)14)11-5-12/h5H,2-3H2,1H3,(H,11,12)(H,13,14). The topological polar surface area (TPSA) is 90.2 Å². The van der Waals surface area contributed by atoms with E-state index >= 15 is 0 Å². The minimum Gasteiger partial charge on any atom is -0.477 e. The van der Waals surface area contributed by atoms with Gasteiger partial charge in [-0.1, -0.05) is 0 Å². The molecule has 1 fully saturated rings. The molecule has 5 heteroatoms. The fourth-order valence-corrected chi connectivity index (χ4v) is 1.52. The quantitative estimate of drug-likeness (QED) is 0.502. The number of carbonyl (C=O) groups is 2. The van der Waals surface area contributed by atoms with Crippen LogP contribution >= 0.6 is 0 Å². The van der Waals surface area contributed by atoms with E-state index in [1.165, 1.54) is 0 Å². The van der Waals surface area contributed by atoms with Gasteiger partial charge in [0.1, 0.15) is 5.70 Å². The van der Waals surface area contributed by atoms with E-state index in [0.29, 0.717) is 24.8 Å². The highest BCUT2D eigenvalue weighted by molar-refractivity contribution is 5.89. The summed E-state index contributed by atoms with van der Waals surface area (Å²) in [6, 6.07) is 2.10. The Morgan fingerprint density at radius 3 is 2.64 bits per heavy atom. The van der Waals surface area contributed by atoms with Gasteiger partial charge in [-0.05, 0) is 25.3 Å². The van der Waals surface area contributed by atoms with Crippen molar-refractivity contribution in [2.24, 2.45) is 5.41 Å². The van der Waals surface area contributed by atoms with Crippen LogP contribution in [0, 0.1) is 16.7 Å². The molecule has 0 aromatic heterocycles. The van der Waals surface area contributed by atoms with Gasteiger partial charge in [0.05, 0.1) is 11.5 Å². The predicted octanol–water partition coefficient (Wildman–Crippen LogP) is 0.395. The highest BCUT2D eigenvalue weighted by atomic mass is 16.4. The molecule has 1 aliphatic carbocycles. The van der Waals surface area contributed by atoms with Crippen LogP contribution in [0.3, 0.4) is 0 Å². The lowest BCUT2D eigenvalue weighted by Crippen LogP contribution is -2.32. The molecule has 0 aromatic carbocycles. The van der Waals surface area contributed by atoms with Crippen molar-refractivity contribution < 1.29 is 14.7 Å². The van der Waals surface area contributed by atoms with E-state index in [1.54, 1.807) is 6.92 Å². The van der Waals surface area contributed by atoms with Gasteiger partial charge in [-0.3, -0.25) is 4.79 Å². The number of nitrogens with zero attached hydrogens (tertiary/aromatic N) is 1. The van der Waals surface area contributed by atoms with Crippen molar-refractivity contribution in [3.8, 4) is 6.07 Å². The SMILES string of the molecule is CC1(C#N)CC(=C(NC=O)C(=O)O)C1. The first-order chi connectivity index (χ1) is 6.52. The molecule has 0 atom stereocenters. The molecule has 14 heavy (non-hydrogen) atoms. The highest BCUT2D eigenvalue weighted by Gasteiger charge is 2.39. The summed E-state index contributed by atoms with van der Waals surface area (Å²) in [6.45, 7) is 1.76. The number of allylic oxidation sites excluding steroid dienone is 1. The van der Waals surface area contributed by atoms with Gasteiger partial charge in [0, 0.05) is 0 Å². The van der Waals surface area contributed by atoms with Crippen molar-refractivity contribution in [1.82, 2.24) is 5.32 Å². The number of aliphatic carboxylic acids is 1. The Hall–Kier alpha value is -1.83. The molecular weight excluding hydrogens is 184 g/mol. The maximum atomic E-state index is 10.7. The lowest BCUT2D eigenvalue weighted by Gasteiger charge is -2.35. The van der Waals surface area contributed by atoms with Crippen LogP contribution in [0.1, 0.15) is 19.8 Å². The van der Waals surface area contributed by atoms with Crippen LogP contribution in [0.4, 0.5) is 0 Å². The summed E-state index contributed by atoms with van der Waals surface area (Å²) in [6.07, 6.45) is 1.15. The number of carboxylic acid groups (broad SMARTS) is 1. The van der Waals surface area contributed by atoms with Gasteiger partial charge in [0.2, 0.25) is 6.41 Å². The first-order valence-electron chi connectivity index (χ1n) is 4.09. The minimum atomic E-state index is -1.16. The van der Waals surface area contributed by atoms with Crippen molar-refractivity contribution in [2.75, 3.05) is 0 Å². The molecule has 0 aliphatic heterocycles. The van der Waals surface area contributed by atoms with Gasteiger partial charge in [-0.2, -0.15) is 5.26 Å². The number of nitriles is 1. The zero-order valence-electron chi connectivity index (χ0n) is 7.70. The summed E-state index contributed by atoms with van der Waals surface area (Å²) in [5.41, 5.74) is 0.0574. The molecule has 0 heterocycles. The molecule has 0 bridgehead atoms. The largest absolute Gasteiger partial charge is 0.477 e. The average molecular weight is 194 g/mol. The van der Waals surface area contributed by atoms with Gasteiger partial charge >= 0.3 is 5.97 Å². The van der Waals surface area contributed by atoms with Crippen molar-refractivity contribution in [1.29, 1.82) is 5.26 Å². The molecule has 2 N–H and O–H groups in total. The van der Waals surface area contributed by atoms with Crippen LogP contribution in [-0.4, -0.2) is 17.5 Å². The Bertz CT molecular complexity index is 344. The first kappa shape index (κ1) is 10.3. The van der Waals surface area contributed by atoms with Crippen LogP contribution in [0.25, 0.3) is 0 Å². The van der Waals surface area contributed by atoms with Crippen LogP contribution in [-0.2, 0) is 9.59 Å². The van der Waals surface area contributed by atoms with Gasteiger partial charge in [-0.25, -0.2) is 4.79 Å². The maximum absolute atomic E-state index is 10.7. The highest BCUT2D eigenvalue weighted by Crippen LogP contribution is 2.45. The van der Waals surface area contributed by atoms with Crippen molar-refractivity contribution >= 4 is 12.4 Å². The minimum absolute atomic E-state index is 0.0901. The van der Waals surface area contributed by atoms with Gasteiger partial charge in [-0.15, -0.1) is 0 Å². The molecule has 0 radical (unpaired) electrons. The fourth-order valence-electron chi connectivity index (χ4n) is 1.52. The predicted molar refractivity (Wildman–Crippen MR) is 46.8 cm³/mol. The normalized spacial score (nSPS) is 24.4. The Balaban J connectivity index is 2.82. The zero-order chi connectivity index (χ0) is 10.8. The van der Waals surface area contributed by atoms with Crippen LogP contribution in [0.2, 0.25) is 0 Å². The fraction of sp³-hybridized carbons (Fsp3) is 0.444. The Kier molecular flexibility index (Phi) is 2.56. The molecule has 0 aromatic rings. The third kappa shape index (κ3) is 1.74. The number of rotatable bonds is 3. The second-order valence-corrected chi connectivity index (χ2v) is 3.57. The Morgan fingerprint density at radius 2 is 2.29 bits per heavy atom. The molecule has 1 rings (SSSR count). The van der Waals surface area contributed by atoms with E-state index in [4.69, 9.17) is 10.4 Å². The number of hydrogen-bond donors (Lipinski definition) is 2. The summed E-state index contributed by atoms with van der Waals surface area (Å²) in [7, 11) is 0. The van der Waals surface area contributed by atoms with Crippen molar-refractivity contribution in [3.05, 3.63) is 11.3 Å². The second-order valence-electron chi connectivity index (χ2n) is 3.57. The molecule has 1 amide bonds. The number of carboxylic acids is 1. The zero-order valence-corrected chi connectivity index (χ0v) is 7.70. The number of nitrogens with one attached hydrogen (secondary N) is 1. The van der Waals surface area contributed by atoms with Crippen LogP contribution in [0.15, 0.2) is 11.3 Å². The summed E-state index contributed by atoms with van der Waals surface area (Å²) < 4.78 is 0. The third-order valence-electron chi connectivity index (χ3n) is 2.25. The summed E-state index contributed by atoms with van der Waals surface area (Å²) in [5.74, 6) is -1.16. The van der Waals surface area contributed by atoms with Crippen molar-refractivity contribution in [2.45, 2.75) is 19.8 Å². The molecular formula is C9H10N2O3. The van der Waals surface area contributed by atoms with Gasteiger partial charge in [0.15, 0.2) is 0 Å². The summed E-state index contributed by atoms with van der Waals surface area (Å²) in [5, 5.41) is 19.6.